The number of hydrogen-bond donors (Lipinski definition) is 2. The highest BCUT2D eigenvalue weighted by atomic mass is 35.5. The molecule has 5 rings (SSSR count). The van der Waals surface area contributed by atoms with Crippen molar-refractivity contribution >= 4 is 62.6 Å². The van der Waals surface area contributed by atoms with Gasteiger partial charge in [0, 0.05) is 48.3 Å². The van der Waals surface area contributed by atoms with Crippen molar-refractivity contribution in [1.29, 1.82) is 0 Å². The maximum Gasteiger partial charge on any atom is 0.326 e. The Bertz CT molecular complexity index is 1800. The van der Waals surface area contributed by atoms with Gasteiger partial charge in [0.25, 0.3) is 0 Å². The van der Waals surface area contributed by atoms with Crippen molar-refractivity contribution in [2.75, 3.05) is 39.3 Å². The number of primary amides is 1. The van der Waals surface area contributed by atoms with E-state index in [0.29, 0.717) is 36.2 Å². The van der Waals surface area contributed by atoms with Gasteiger partial charge < -0.3 is 15.4 Å². The van der Waals surface area contributed by atoms with E-state index in [4.69, 9.17) is 50.3 Å². The Morgan fingerprint density at radius 2 is 1.54 bits per heavy atom. The van der Waals surface area contributed by atoms with Crippen molar-refractivity contribution in [3.8, 4) is 5.75 Å². The highest BCUT2D eigenvalue weighted by Gasteiger charge is 2.45. The molecule has 256 valence electrons. The molecule has 0 spiro atoms. The first kappa shape index (κ1) is 35.9. The number of amidine groups is 1. The van der Waals surface area contributed by atoms with E-state index in [1.807, 2.05) is 29.2 Å². The van der Waals surface area contributed by atoms with Crippen molar-refractivity contribution in [1.82, 2.24) is 19.4 Å². The molecule has 2 heterocycles. The monoisotopic (exact) mass is 734 g/mol. The van der Waals surface area contributed by atoms with E-state index in [2.05, 4.69) is 4.72 Å². The molecule has 0 bridgehead atoms. The number of benzene rings is 3. The van der Waals surface area contributed by atoms with Gasteiger partial charge in [0.2, 0.25) is 15.9 Å². The Morgan fingerprint density at radius 3 is 2.08 bits per heavy atom. The summed E-state index contributed by atoms with van der Waals surface area (Å²) in [5, 5.41) is 1.02. The predicted octanol–water partition coefficient (Wildman–Crippen LogP) is 5.50. The number of rotatable bonds is 10. The maximum absolute atomic E-state index is 14.8. The lowest BCUT2D eigenvalue weighted by atomic mass is 9.93. The SMILES string of the molecule is CCOc1cc(Cl)c(S(=O)(=O)NC(C)C)cc1C1=N[C@@H](c2ccc(Cl)cc2)[C@@H](c2ccc(Cl)cc2)N1C(=O)N1CCN(CC(N)=O)CC1. The summed E-state index contributed by atoms with van der Waals surface area (Å²) in [6.45, 7) is 7.07. The Balaban J connectivity index is 1.71. The van der Waals surface area contributed by atoms with Gasteiger partial charge in [-0.25, -0.2) is 17.9 Å². The number of carbonyl (C=O) groups is 2. The normalized spacial score (nSPS) is 18.7. The molecular weight excluding hydrogens is 699 g/mol. The van der Waals surface area contributed by atoms with Crippen LogP contribution in [0.1, 0.15) is 49.5 Å². The van der Waals surface area contributed by atoms with Crippen LogP contribution in [0.3, 0.4) is 0 Å². The zero-order valence-electron chi connectivity index (χ0n) is 26.7. The van der Waals surface area contributed by atoms with Crippen LogP contribution < -0.4 is 15.2 Å². The molecule has 1 saturated heterocycles. The smallest absolute Gasteiger partial charge is 0.326 e. The molecule has 0 saturated carbocycles. The minimum Gasteiger partial charge on any atom is -0.493 e. The predicted molar refractivity (Wildman–Crippen MR) is 187 cm³/mol. The van der Waals surface area contributed by atoms with Gasteiger partial charge in [-0.2, -0.15) is 0 Å². The van der Waals surface area contributed by atoms with Crippen LogP contribution in [0.2, 0.25) is 15.1 Å². The van der Waals surface area contributed by atoms with Crippen molar-refractivity contribution < 1.29 is 22.7 Å². The number of nitrogens with two attached hydrogens (primary N) is 1. The fourth-order valence-corrected chi connectivity index (χ4v) is 7.94. The Hall–Kier alpha value is -3.39. The van der Waals surface area contributed by atoms with Gasteiger partial charge in [0.15, 0.2) is 0 Å². The van der Waals surface area contributed by atoms with E-state index >= 15 is 0 Å². The number of carbonyl (C=O) groups excluding carboxylic acids is 2. The van der Waals surface area contributed by atoms with Crippen LogP contribution in [0.5, 0.6) is 5.75 Å². The van der Waals surface area contributed by atoms with Crippen molar-refractivity contribution in [3.63, 3.8) is 0 Å². The van der Waals surface area contributed by atoms with Crippen molar-refractivity contribution in [2.24, 2.45) is 10.7 Å². The van der Waals surface area contributed by atoms with Crippen LogP contribution in [0.15, 0.2) is 70.6 Å². The summed E-state index contributed by atoms with van der Waals surface area (Å²) in [7, 11) is -4.07. The third-order valence-electron chi connectivity index (χ3n) is 7.97. The molecule has 3 aromatic carbocycles. The van der Waals surface area contributed by atoms with E-state index < -0.39 is 34.1 Å². The summed E-state index contributed by atoms with van der Waals surface area (Å²) in [6.07, 6.45) is 0. The quantitative estimate of drug-likeness (QED) is 0.282. The lowest BCUT2D eigenvalue weighted by molar-refractivity contribution is -0.119. The molecular formula is C33H37Cl3N6O5S. The molecule has 11 nitrogen and oxygen atoms in total. The number of piperazine rings is 1. The first-order valence-electron chi connectivity index (χ1n) is 15.5. The van der Waals surface area contributed by atoms with Gasteiger partial charge in [-0.1, -0.05) is 59.1 Å². The summed E-state index contributed by atoms with van der Waals surface area (Å²) in [5.41, 5.74) is 7.23. The molecule has 3 N–H and O–H groups in total. The van der Waals surface area contributed by atoms with Gasteiger partial charge in [-0.05, 0) is 62.2 Å². The second kappa shape index (κ2) is 15.0. The van der Waals surface area contributed by atoms with E-state index in [-0.39, 0.29) is 46.2 Å². The second-order valence-corrected chi connectivity index (χ2v) is 14.8. The van der Waals surface area contributed by atoms with Crippen LogP contribution in [-0.2, 0) is 14.8 Å². The largest absolute Gasteiger partial charge is 0.493 e. The molecule has 15 heteroatoms. The molecule has 0 aromatic heterocycles. The molecule has 1 fully saturated rings. The fourth-order valence-electron chi connectivity index (χ4n) is 5.89. The number of hydrogen-bond acceptors (Lipinski definition) is 7. The number of halogens is 3. The summed E-state index contributed by atoms with van der Waals surface area (Å²) in [4.78, 5) is 36.5. The number of nitrogens with zero attached hydrogens (tertiary/aromatic N) is 4. The third-order valence-corrected chi connectivity index (χ3v) is 10.6. The van der Waals surface area contributed by atoms with E-state index in [0.717, 1.165) is 11.1 Å². The number of urea groups is 1. The number of amides is 3. The molecule has 48 heavy (non-hydrogen) atoms. The number of nitrogens with one attached hydrogen (secondary N) is 1. The topological polar surface area (TPSA) is 138 Å². The molecule has 3 aromatic rings. The lowest BCUT2D eigenvalue weighted by Crippen LogP contribution is -2.55. The third kappa shape index (κ3) is 7.90. The second-order valence-electron chi connectivity index (χ2n) is 11.8. The number of ether oxygens (including phenoxy) is 1. The summed E-state index contributed by atoms with van der Waals surface area (Å²) in [6, 6.07) is 15.2. The zero-order chi connectivity index (χ0) is 34.7. The average Bonchev–Trinajstić information content (AvgIpc) is 3.41. The number of aliphatic imine (C=N–C) groups is 1. The molecule has 3 amide bonds. The van der Waals surface area contributed by atoms with E-state index in [1.165, 1.54) is 12.1 Å². The van der Waals surface area contributed by atoms with Gasteiger partial charge >= 0.3 is 6.03 Å². The Labute approximate surface area is 295 Å². The highest BCUT2D eigenvalue weighted by Crippen LogP contribution is 2.46. The molecule has 2 atom stereocenters. The van der Waals surface area contributed by atoms with Crippen molar-refractivity contribution in [3.05, 3.63) is 92.4 Å². The van der Waals surface area contributed by atoms with Gasteiger partial charge in [0.1, 0.15) is 22.5 Å². The van der Waals surface area contributed by atoms with E-state index in [9.17, 15) is 18.0 Å². The van der Waals surface area contributed by atoms with Gasteiger partial charge in [0.05, 0.1) is 29.8 Å². The molecule has 2 aliphatic rings. The molecule has 0 radical (unpaired) electrons. The van der Waals surface area contributed by atoms with Crippen LogP contribution in [0.4, 0.5) is 4.79 Å². The summed E-state index contributed by atoms with van der Waals surface area (Å²) >= 11 is 19.1. The van der Waals surface area contributed by atoms with Crippen LogP contribution in [-0.4, -0.2) is 86.3 Å². The maximum atomic E-state index is 14.8. The number of sulfonamides is 1. The standard InChI is InChI=1S/C33H37Cl3N6O5S/c1-4-47-27-18-26(36)28(48(45,46)39-20(2)3)17-25(27)32-38-30(21-5-9-23(34)10-6-21)31(22-7-11-24(35)12-8-22)42(32)33(44)41-15-13-40(14-16-41)19-29(37)43/h5-12,17-18,20,30-31,39H,4,13-16,19H2,1-3H3,(H2,37,43)/t30-,31+/m0/s1. The Kier molecular flexibility index (Phi) is 11.2. The molecule has 0 unspecified atom stereocenters. The molecule has 0 aliphatic carbocycles. The summed E-state index contributed by atoms with van der Waals surface area (Å²) in [5.74, 6) is 0.0299. The Morgan fingerprint density at radius 1 is 0.958 bits per heavy atom. The van der Waals surface area contributed by atoms with E-state index in [1.54, 1.807) is 54.8 Å². The van der Waals surface area contributed by atoms with Crippen LogP contribution in [0.25, 0.3) is 0 Å². The highest BCUT2D eigenvalue weighted by molar-refractivity contribution is 7.89. The first-order chi connectivity index (χ1) is 22.8. The first-order valence-corrected chi connectivity index (χ1v) is 18.1. The average molecular weight is 736 g/mol. The van der Waals surface area contributed by atoms with Gasteiger partial charge in [-0.15, -0.1) is 0 Å². The van der Waals surface area contributed by atoms with Crippen molar-refractivity contribution in [2.45, 2.75) is 43.8 Å². The molecule has 2 aliphatic heterocycles. The van der Waals surface area contributed by atoms with Gasteiger partial charge in [-0.3, -0.25) is 19.6 Å². The van der Waals surface area contributed by atoms with Crippen LogP contribution >= 0.6 is 34.8 Å². The fraction of sp³-hybridized carbons (Fsp3) is 0.364. The van der Waals surface area contributed by atoms with Crippen LogP contribution in [0, 0.1) is 0 Å². The minimum atomic E-state index is -4.07. The lowest BCUT2D eigenvalue weighted by Gasteiger charge is -2.38. The zero-order valence-corrected chi connectivity index (χ0v) is 29.8. The summed E-state index contributed by atoms with van der Waals surface area (Å²) < 4.78 is 35.5. The minimum absolute atomic E-state index is 0.0408.